The molecule has 0 saturated carbocycles. The molecule has 0 atom stereocenters. The first-order valence-corrected chi connectivity index (χ1v) is 9.58. The molecule has 1 aliphatic rings. The number of hydrogen-bond donors (Lipinski definition) is 0. The molecule has 25 heavy (non-hydrogen) atoms. The topological polar surface area (TPSA) is 32.3 Å². The summed E-state index contributed by atoms with van der Waals surface area (Å²) in [6.07, 6.45) is 3.80. The van der Waals surface area contributed by atoms with E-state index in [4.69, 9.17) is 4.98 Å². The molecule has 0 radical (unpaired) electrons. The van der Waals surface area contributed by atoms with Gasteiger partial charge in [0.05, 0.1) is 5.69 Å². The number of piperazine rings is 1. The van der Waals surface area contributed by atoms with Crippen molar-refractivity contribution in [3.63, 3.8) is 0 Å². The first-order chi connectivity index (χ1) is 12.4. The molecule has 0 spiro atoms. The Hall–Kier alpha value is -2.08. The second kappa shape index (κ2) is 7.87. The maximum absolute atomic E-state index is 4.82. The highest BCUT2D eigenvalue weighted by molar-refractivity contribution is 7.13. The Balaban J connectivity index is 1.30. The second-order valence-corrected chi connectivity index (χ2v) is 7.28. The highest BCUT2D eigenvalue weighted by Gasteiger charge is 2.18. The maximum Gasteiger partial charge on any atom is 0.123 e. The number of pyridine rings is 1. The molecule has 0 aliphatic carbocycles. The lowest BCUT2D eigenvalue weighted by molar-refractivity contribution is 0.121. The van der Waals surface area contributed by atoms with Crippen molar-refractivity contribution in [3.05, 3.63) is 71.5 Å². The van der Waals surface area contributed by atoms with Gasteiger partial charge in [-0.05, 0) is 11.6 Å². The fraction of sp³-hybridized carbons (Fsp3) is 0.300. The lowest BCUT2D eigenvalue weighted by Crippen LogP contribution is -2.45. The van der Waals surface area contributed by atoms with Gasteiger partial charge < -0.3 is 0 Å². The van der Waals surface area contributed by atoms with E-state index in [1.165, 1.54) is 16.8 Å². The summed E-state index contributed by atoms with van der Waals surface area (Å²) in [5, 5.41) is 3.32. The summed E-state index contributed by atoms with van der Waals surface area (Å²) in [5.74, 6) is 0. The zero-order chi connectivity index (χ0) is 16.9. The molecule has 3 aromatic rings. The summed E-state index contributed by atoms with van der Waals surface area (Å²) >= 11 is 1.74. The first kappa shape index (κ1) is 16.4. The third-order valence-electron chi connectivity index (χ3n) is 4.55. The Morgan fingerprint density at radius 2 is 1.64 bits per heavy atom. The smallest absolute Gasteiger partial charge is 0.123 e. The summed E-state index contributed by atoms with van der Waals surface area (Å²) in [6.45, 7) is 6.34. The van der Waals surface area contributed by atoms with Crippen LogP contribution in [-0.2, 0) is 13.1 Å². The molecule has 1 aliphatic heterocycles. The average molecular weight is 350 g/mol. The molecule has 1 aromatic carbocycles. The highest BCUT2D eigenvalue weighted by atomic mass is 32.1. The van der Waals surface area contributed by atoms with E-state index in [-0.39, 0.29) is 0 Å². The lowest BCUT2D eigenvalue weighted by Gasteiger charge is -2.34. The van der Waals surface area contributed by atoms with Crippen molar-refractivity contribution >= 4 is 11.3 Å². The summed E-state index contributed by atoms with van der Waals surface area (Å²) in [6, 6.07) is 14.6. The number of hydrogen-bond acceptors (Lipinski definition) is 5. The molecule has 2 aromatic heterocycles. The molecule has 1 saturated heterocycles. The molecule has 4 nitrogen and oxygen atoms in total. The number of benzene rings is 1. The van der Waals surface area contributed by atoms with Gasteiger partial charge in [-0.3, -0.25) is 14.8 Å². The van der Waals surface area contributed by atoms with E-state index < -0.39 is 0 Å². The van der Waals surface area contributed by atoms with Gasteiger partial charge in [-0.1, -0.05) is 36.4 Å². The zero-order valence-electron chi connectivity index (χ0n) is 14.2. The van der Waals surface area contributed by atoms with E-state index in [2.05, 4.69) is 50.5 Å². The minimum absolute atomic E-state index is 0.948. The fourth-order valence-electron chi connectivity index (χ4n) is 3.18. The van der Waals surface area contributed by atoms with Crippen LogP contribution in [0.15, 0.2) is 60.2 Å². The van der Waals surface area contributed by atoms with Gasteiger partial charge in [0.25, 0.3) is 0 Å². The maximum atomic E-state index is 4.82. The third kappa shape index (κ3) is 4.31. The Labute approximate surface area is 152 Å². The summed E-state index contributed by atoms with van der Waals surface area (Å²) in [5.41, 5.74) is 3.69. The number of aromatic nitrogens is 2. The van der Waals surface area contributed by atoms with Gasteiger partial charge in [-0.15, -0.1) is 11.3 Å². The highest BCUT2D eigenvalue weighted by Crippen LogP contribution is 2.24. The minimum atomic E-state index is 0.948. The molecule has 0 N–H and O–H groups in total. The molecular weight excluding hydrogens is 328 g/mol. The Morgan fingerprint density at radius 3 is 2.36 bits per heavy atom. The molecule has 3 heterocycles. The van der Waals surface area contributed by atoms with Crippen LogP contribution in [0.5, 0.6) is 0 Å². The van der Waals surface area contributed by atoms with Crippen LogP contribution in [0, 0.1) is 0 Å². The lowest BCUT2D eigenvalue weighted by atomic mass is 10.2. The van der Waals surface area contributed by atoms with Crippen molar-refractivity contribution in [2.45, 2.75) is 13.1 Å². The van der Waals surface area contributed by atoms with Gasteiger partial charge in [0, 0.05) is 62.6 Å². The van der Waals surface area contributed by atoms with Crippen LogP contribution in [0.2, 0.25) is 0 Å². The van der Waals surface area contributed by atoms with Crippen LogP contribution in [-0.4, -0.2) is 45.9 Å². The standard InChI is InChI=1S/C20H22N4S/c1-2-6-18(7-3-1)20-22-19(16-25-20)15-24-11-9-23(10-12-24)14-17-5-4-8-21-13-17/h1-8,13,16H,9-12,14-15H2. The van der Waals surface area contributed by atoms with Crippen molar-refractivity contribution in [1.29, 1.82) is 0 Å². The minimum Gasteiger partial charge on any atom is -0.296 e. The second-order valence-electron chi connectivity index (χ2n) is 6.42. The predicted molar refractivity (Wildman–Crippen MR) is 102 cm³/mol. The normalized spacial score (nSPS) is 16.2. The van der Waals surface area contributed by atoms with E-state index in [0.29, 0.717) is 0 Å². The van der Waals surface area contributed by atoms with E-state index in [0.717, 1.165) is 44.3 Å². The van der Waals surface area contributed by atoms with Crippen molar-refractivity contribution in [2.24, 2.45) is 0 Å². The Bertz CT molecular complexity index is 780. The molecule has 0 bridgehead atoms. The average Bonchev–Trinajstić information content (AvgIpc) is 3.14. The Kier molecular flexibility index (Phi) is 5.16. The van der Waals surface area contributed by atoms with Crippen molar-refractivity contribution in [1.82, 2.24) is 19.8 Å². The van der Waals surface area contributed by atoms with Gasteiger partial charge in [-0.2, -0.15) is 0 Å². The quantitative estimate of drug-likeness (QED) is 0.705. The van der Waals surface area contributed by atoms with Gasteiger partial charge in [-0.25, -0.2) is 4.98 Å². The van der Waals surface area contributed by atoms with Crippen molar-refractivity contribution in [3.8, 4) is 10.6 Å². The van der Waals surface area contributed by atoms with E-state index >= 15 is 0 Å². The number of thiazole rings is 1. The SMILES string of the molecule is c1ccc(-c2nc(CN3CCN(Cc4cccnc4)CC3)cs2)cc1. The third-order valence-corrected chi connectivity index (χ3v) is 5.49. The zero-order valence-corrected chi connectivity index (χ0v) is 15.0. The van der Waals surface area contributed by atoms with Gasteiger partial charge in [0.1, 0.15) is 5.01 Å². The largest absolute Gasteiger partial charge is 0.296 e. The number of nitrogens with zero attached hydrogens (tertiary/aromatic N) is 4. The fourth-order valence-corrected chi connectivity index (χ4v) is 3.99. The van der Waals surface area contributed by atoms with Gasteiger partial charge in [0.2, 0.25) is 0 Å². The summed E-state index contributed by atoms with van der Waals surface area (Å²) in [7, 11) is 0. The molecule has 0 unspecified atom stereocenters. The van der Waals surface area contributed by atoms with Crippen LogP contribution in [0.3, 0.4) is 0 Å². The van der Waals surface area contributed by atoms with E-state index in [9.17, 15) is 0 Å². The van der Waals surface area contributed by atoms with Gasteiger partial charge in [0.15, 0.2) is 0 Å². The first-order valence-electron chi connectivity index (χ1n) is 8.70. The van der Waals surface area contributed by atoms with Crippen LogP contribution in [0.4, 0.5) is 0 Å². The Morgan fingerprint density at radius 1 is 0.880 bits per heavy atom. The molecule has 128 valence electrons. The van der Waals surface area contributed by atoms with Crippen LogP contribution in [0.25, 0.3) is 10.6 Å². The van der Waals surface area contributed by atoms with Crippen LogP contribution in [0.1, 0.15) is 11.3 Å². The van der Waals surface area contributed by atoms with Crippen molar-refractivity contribution in [2.75, 3.05) is 26.2 Å². The van der Waals surface area contributed by atoms with Gasteiger partial charge >= 0.3 is 0 Å². The molecule has 0 amide bonds. The molecule has 4 rings (SSSR count). The molecule has 5 heteroatoms. The summed E-state index contributed by atoms with van der Waals surface area (Å²) < 4.78 is 0. The predicted octanol–water partition coefficient (Wildman–Crippen LogP) is 3.52. The monoisotopic (exact) mass is 350 g/mol. The molecular formula is C20H22N4S. The van der Waals surface area contributed by atoms with Crippen LogP contribution < -0.4 is 0 Å². The molecule has 1 fully saturated rings. The van der Waals surface area contributed by atoms with Crippen molar-refractivity contribution < 1.29 is 0 Å². The van der Waals surface area contributed by atoms with Crippen LogP contribution >= 0.6 is 11.3 Å². The summed E-state index contributed by atoms with van der Waals surface area (Å²) in [4.78, 5) is 14.0. The van der Waals surface area contributed by atoms with E-state index in [1.54, 1.807) is 11.3 Å². The van der Waals surface area contributed by atoms with E-state index in [1.807, 2.05) is 24.5 Å². The number of rotatable bonds is 5.